The summed E-state index contributed by atoms with van der Waals surface area (Å²) in [6.07, 6.45) is 19.8. The summed E-state index contributed by atoms with van der Waals surface area (Å²) in [6.45, 7) is 8.71. The SMILES string of the molecule is CCCCCCCCCCOC(=O)C(C)CCCCC[C@H]1C(=O)C[C@H](O)[C@H]1C(C)(O)CCCCCCC. The monoisotopic (exact) mass is 524 g/mol. The molecule has 1 rings (SSSR count). The van der Waals surface area contributed by atoms with Crippen molar-refractivity contribution in [1.82, 2.24) is 0 Å². The van der Waals surface area contributed by atoms with Gasteiger partial charge in [-0.1, -0.05) is 117 Å². The Morgan fingerprint density at radius 2 is 1.43 bits per heavy atom. The molecule has 0 heterocycles. The van der Waals surface area contributed by atoms with Crippen LogP contribution in [0.25, 0.3) is 0 Å². The Bertz CT molecular complexity index is 602. The van der Waals surface area contributed by atoms with Crippen LogP contribution >= 0.6 is 0 Å². The van der Waals surface area contributed by atoms with E-state index in [9.17, 15) is 19.8 Å². The van der Waals surface area contributed by atoms with E-state index in [-0.39, 0.29) is 35.9 Å². The Balaban J connectivity index is 2.23. The van der Waals surface area contributed by atoms with Crippen LogP contribution in [0.4, 0.5) is 0 Å². The zero-order chi connectivity index (χ0) is 27.5. The zero-order valence-electron chi connectivity index (χ0n) is 24.8. The van der Waals surface area contributed by atoms with Crippen molar-refractivity contribution in [2.75, 3.05) is 6.61 Å². The smallest absolute Gasteiger partial charge is 0.308 e. The molecule has 0 radical (unpaired) electrons. The van der Waals surface area contributed by atoms with E-state index in [0.29, 0.717) is 19.4 Å². The molecule has 1 saturated carbocycles. The van der Waals surface area contributed by atoms with Crippen LogP contribution < -0.4 is 0 Å². The van der Waals surface area contributed by atoms with Gasteiger partial charge in [0.15, 0.2) is 0 Å². The first-order valence-corrected chi connectivity index (χ1v) is 15.8. The third-order valence-electron chi connectivity index (χ3n) is 8.47. The van der Waals surface area contributed by atoms with E-state index in [0.717, 1.165) is 51.4 Å². The molecule has 0 aromatic carbocycles. The number of ketones is 1. The van der Waals surface area contributed by atoms with E-state index in [1.807, 2.05) is 13.8 Å². The van der Waals surface area contributed by atoms with Gasteiger partial charge in [-0.15, -0.1) is 0 Å². The highest BCUT2D eigenvalue weighted by Gasteiger charge is 2.49. The highest BCUT2D eigenvalue weighted by atomic mass is 16.5. The van der Waals surface area contributed by atoms with Gasteiger partial charge in [-0.25, -0.2) is 0 Å². The fourth-order valence-electron chi connectivity index (χ4n) is 6.05. The molecule has 218 valence electrons. The summed E-state index contributed by atoms with van der Waals surface area (Å²) in [7, 11) is 0. The summed E-state index contributed by atoms with van der Waals surface area (Å²) in [6, 6.07) is 0. The van der Waals surface area contributed by atoms with Gasteiger partial charge in [-0.05, 0) is 32.6 Å². The van der Waals surface area contributed by atoms with Crippen molar-refractivity contribution in [2.45, 2.75) is 168 Å². The van der Waals surface area contributed by atoms with Gasteiger partial charge in [0.2, 0.25) is 0 Å². The standard InChI is InChI=1S/C32H60O5/c1-5-7-9-11-12-13-15-20-24-37-31(35)26(3)21-17-16-18-22-27-28(33)25-29(34)30(27)32(4,36)23-19-14-10-8-6-2/h26-27,29-30,34,36H,5-25H2,1-4H3/t26?,27-,29-,30-,32?/m0/s1. The summed E-state index contributed by atoms with van der Waals surface area (Å²) in [5, 5.41) is 21.7. The van der Waals surface area contributed by atoms with Gasteiger partial charge in [0.25, 0.3) is 0 Å². The van der Waals surface area contributed by atoms with Crippen LogP contribution in [-0.2, 0) is 14.3 Å². The van der Waals surface area contributed by atoms with Crippen molar-refractivity contribution in [3.63, 3.8) is 0 Å². The van der Waals surface area contributed by atoms with Gasteiger partial charge in [-0.2, -0.15) is 0 Å². The normalized spacial score (nSPS) is 22.2. The van der Waals surface area contributed by atoms with Crippen LogP contribution in [0.15, 0.2) is 0 Å². The van der Waals surface area contributed by atoms with E-state index >= 15 is 0 Å². The molecular formula is C32H60O5. The first-order valence-electron chi connectivity index (χ1n) is 15.8. The second-order valence-electron chi connectivity index (χ2n) is 12.1. The number of Topliss-reactive ketones (excluding diaryl/α,β-unsaturated/α-hetero) is 1. The molecule has 1 aliphatic rings. The predicted octanol–water partition coefficient (Wildman–Crippen LogP) is 7.93. The molecule has 1 fully saturated rings. The first kappa shape index (κ1) is 34.1. The molecule has 2 N–H and O–H groups in total. The minimum Gasteiger partial charge on any atom is -0.465 e. The highest BCUT2D eigenvalue weighted by Crippen LogP contribution is 2.42. The summed E-state index contributed by atoms with van der Waals surface area (Å²) in [5.74, 6) is -0.704. The van der Waals surface area contributed by atoms with Crippen molar-refractivity contribution in [3.05, 3.63) is 0 Å². The van der Waals surface area contributed by atoms with Crippen LogP contribution in [-0.4, -0.2) is 40.3 Å². The maximum atomic E-state index is 12.6. The predicted molar refractivity (Wildman–Crippen MR) is 152 cm³/mol. The fourth-order valence-corrected chi connectivity index (χ4v) is 6.05. The van der Waals surface area contributed by atoms with Gasteiger partial charge in [0.05, 0.1) is 24.2 Å². The van der Waals surface area contributed by atoms with E-state index in [1.54, 1.807) is 0 Å². The van der Waals surface area contributed by atoms with Crippen molar-refractivity contribution in [3.8, 4) is 0 Å². The van der Waals surface area contributed by atoms with E-state index in [4.69, 9.17) is 4.74 Å². The Morgan fingerprint density at radius 3 is 2.05 bits per heavy atom. The molecular weight excluding hydrogens is 464 g/mol. The molecule has 0 saturated heterocycles. The van der Waals surface area contributed by atoms with Gasteiger partial charge >= 0.3 is 5.97 Å². The number of esters is 1. The molecule has 0 spiro atoms. The summed E-state index contributed by atoms with van der Waals surface area (Å²) >= 11 is 0. The minimum absolute atomic E-state index is 0.0907. The molecule has 5 atom stereocenters. The number of carbonyl (C=O) groups excluding carboxylic acids is 2. The van der Waals surface area contributed by atoms with E-state index in [1.165, 1.54) is 57.8 Å². The minimum atomic E-state index is -1.00. The van der Waals surface area contributed by atoms with E-state index in [2.05, 4.69) is 13.8 Å². The summed E-state index contributed by atoms with van der Waals surface area (Å²) in [5.41, 5.74) is -1.00. The maximum absolute atomic E-state index is 12.6. The molecule has 0 bridgehead atoms. The zero-order valence-corrected chi connectivity index (χ0v) is 24.8. The van der Waals surface area contributed by atoms with Crippen molar-refractivity contribution >= 4 is 11.8 Å². The topological polar surface area (TPSA) is 83.8 Å². The Morgan fingerprint density at radius 1 is 0.892 bits per heavy atom. The van der Waals surface area contributed by atoms with Gasteiger partial charge in [0, 0.05) is 18.3 Å². The van der Waals surface area contributed by atoms with Gasteiger partial charge in [0.1, 0.15) is 5.78 Å². The number of aliphatic hydroxyl groups excluding tert-OH is 1. The van der Waals surface area contributed by atoms with Crippen molar-refractivity contribution < 1.29 is 24.5 Å². The number of hydrogen-bond acceptors (Lipinski definition) is 5. The van der Waals surface area contributed by atoms with E-state index < -0.39 is 11.7 Å². The summed E-state index contributed by atoms with van der Waals surface area (Å²) < 4.78 is 5.48. The largest absolute Gasteiger partial charge is 0.465 e. The Kier molecular flexibility index (Phi) is 18.5. The lowest BCUT2D eigenvalue weighted by Gasteiger charge is -2.36. The van der Waals surface area contributed by atoms with Gasteiger partial charge in [-0.3, -0.25) is 9.59 Å². The number of rotatable bonds is 23. The Labute approximate surface area is 228 Å². The average Bonchev–Trinajstić information content (AvgIpc) is 3.15. The Hall–Kier alpha value is -0.940. The molecule has 0 aliphatic heterocycles. The molecule has 2 unspecified atom stereocenters. The molecule has 5 heteroatoms. The molecule has 37 heavy (non-hydrogen) atoms. The lowest BCUT2D eigenvalue weighted by atomic mass is 9.75. The molecule has 0 aromatic rings. The second-order valence-corrected chi connectivity index (χ2v) is 12.1. The molecule has 1 aliphatic carbocycles. The third-order valence-corrected chi connectivity index (χ3v) is 8.47. The third kappa shape index (κ3) is 14.1. The fraction of sp³-hybridized carbons (Fsp3) is 0.938. The molecule has 0 amide bonds. The van der Waals surface area contributed by atoms with Crippen LogP contribution in [0.2, 0.25) is 0 Å². The second kappa shape index (κ2) is 20.0. The average molecular weight is 525 g/mol. The number of carbonyl (C=O) groups is 2. The lowest BCUT2D eigenvalue weighted by Crippen LogP contribution is -2.43. The highest BCUT2D eigenvalue weighted by molar-refractivity contribution is 5.84. The van der Waals surface area contributed by atoms with Gasteiger partial charge < -0.3 is 14.9 Å². The maximum Gasteiger partial charge on any atom is 0.308 e. The van der Waals surface area contributed by atoms with Crippen molar-refractivity contribution in [1.29, 1.82) is 0 Å². The number of ether oxygens (including phenoxy) is 1. The first-order chi connectivity index (χ1) is 17.7. The van der Waals surface area contributed by atoms with Crippen LogP contribution in [0.5, 0.6) is 0 Å². The molecule has 0 aromatic heterocycles. The van der Waals surface area contributed by atoms with Crippen LogP contribution in [0.1, 0.15) is 156 Å². The molecule has 5 nitrogen and oxygen atoms in total. The van der Waals surface area contributed by atoms with Crippen LogP contribution in [0, 0.1) is 17.8 Å². The van der Waals surface area contributed by atoms with Crippen LogP contribution in [0.3, 0.4) is 0 Å². The number of aliphatic hydroxyl groups is 2. The quantitative estimate of drug-likeness (QED) is 0.105. The number of hydrogen-bond donors (Lipinski definition) is 2. The van der Waals surface area contributed by atoms with Crippen molar-refractivity contribution in [2.24, 2.45) is 17.8 Å². The lowest BCUT2D eigenvalue weighted by molar-refractivity contribution is -0.148. The summed E-state index contributed by atoms with van der Waals surface area (Å²) in [4.78, 5) is 24.9. The number of unbranched alkanes of at least 4 members (excludes halogenated alkanes) is 13.